The number of nitrogens with one attached hydrogen (secondary N) is 1. The van der Waals surface area contributed by atoms with Crippen LogP contribution in [0.2, 0.25) is 0 Å². The molecule has 0 aromatic heterocycles. The van der Waals surface area contributed by atoms with Crippen molar-refractivity contribution >= 4 is 27.3 Å². The third kappa shape index (κ3) is 4.07. The number of anilines is 1. The first kappa shape index (κ1) is 16.0. The fourth-order valence-electron chi connectivity index (χ4n) is 2.65. The molecule has 1 fully saturated rings. The minimum absolute atomic E-state index is 0.140. The van der Waals surface area contributed by atoms with E-state index in [1.165, 1.54) is 12.1 Å². The van der Waals surface area contributed by atoms with Crippen LogP contribution in [0.4, 0.5) is 11.4 Å². The van der Waals surface area contributed by atoms with Crippen LogP contribution in [0.5, 0.6) is 5.75 Å². The number of aliphatic hydroxyl groups is 1. The summed E-state index contributed by atoms with van der Waals surface area (Å²) in [5.74, 6) is 0.201. The standard InChI is InChI=1S/C14H19BrN2O4/c1-14(19)4-2-9(3-5-14)8-16-13-11(17(20)21)6-10(15)7-12(13)18/h6-7,9,16,18-19H,2-5,8H2,1H3. The number of nitro benzene ring substituents is 1. The highest BCUT2D eigenvalue weighted by atomic mass is 79.9. The number of nitro groups is 1. The average molecular weight is 359 g/mol. The molecule has 116 valence electrons. The second-order valence-electron chi connectivity index (χ2n) is 5.90. The number of halogens is 1. The molecule has 0 bridgehead atoms. The Kier molecular flexibility index (Phi) is 4.73. The molecule has 0 spiro atoms. The molecule has 0 radical (unpaired) electrons. The van der Waals surface area contributed by atoms with Crippen LogP contribution in [-0.2, 0) is 0 Å². The fourth-order valence-corrected chi connectivity index (χ4v) is 3.09. The van der Waals surface area contributed by atoms with Crippen LogP contribution in [0, 0.1) is 16.0 Å². The predicted molar refractivity (Wildman–Crippen MR) is 83.5 cm³/mol. The lowest BCUT2D eigenvalue weighted by molar-refractivity contribution is -0.384. The zero-order valence-electron chi connectivity index (χ0n) is 11.8. The van der Waals surface area contributed by atoms with Crippen LogP contribution in [0.3, 0.4) is 0 Å². The van der Waals surface area contributed by atoms with Gasteiger partial charge in [-0.2, -0.15) is 0 Å². The van der Waals surface area contributed by atoms with E-state index in [0.717, 1.165) is 25.7 Å². The molecule has 0 unspecified atom stereocenters. The molecule has 0 heterocycles. The maximum Gasteiger partial charge on any atom is 0.297 e. The summed E-state index contributed by atoms with van der Waals surface area (Å²) in [7, 11) is 0. The van der Waals surface area contributed by atoms with E-state index >= 15 is 0 Å². The van der Waals surface area contributed by atoms with E-state index in [4.69, 9.17) is 0 Å². The summed E-state index contributed by atoms with van der Waals surface area (Å²) >= 11 is 3.14. The molecule has 1 aromatic carbocycles. The maximum absolute atomic E-state index is 11.1. The van der Waals surface area contributed by atoms with E-state index in [2.05, 4.69) is 21.2 Å². The van der Waals surface area contributed by atoms with E-state index in [1.54, 1.807) is 0 Å². The van der Waals surface area contributed by atoms with Crippen LogP contribution < -0.4 is 5.32 Å². The summed E-state index contributed by atoms with van der Waals surface area (Å²) in [4.78, 5) is 10.5. The third-order valence-corrected chi connectivity index (χ3v) is 4.47. The van der Waals surface area contributed by atoms with E-state index in [-0.39, 0.29) is 17.1 Å². The summed E-state index contributed by atoms with van der Waals surface area (Å²) in [6.45, 7) is 2.38. The van der Waals surface area contributed by atoms with Gasteiger partial charge in [0.15, 0.2) is 5.69 Å². The molecule has 21 heavy (non-hydrogen) atoms. The number of hydrogen-bond acceptors (Lipinski definition) is 5. The first-order chi connectivity index (χ1) is 9.78. The molecule has 7 heteroatoms. The van der Waals surface area contributed by atoms with E-state index in [0.29, 0.717) is 16.9 Å². The number of rotatable bonds is 4. The number of nitrogens with zero attached hydrogens (tertiary/aromatic N) is 1. The van der Waals surface area contributed by atoms with Crippen molar-refractivity contribution in [3.63, 3.8) is 0 Å². The van der Waals surface area contributed by atoms with Gasteiger partial charge in [0.1, 0.15) is 5.75 Å². The summed E-state index contributed by atoms with van der Waals surface area (Å²) < 4.78 is 0.464. The molecule has 0 amide bonds. The largest absolute Gasteiger partial charge is 0.505 e. The summed E-state index contributed by atoms with van der Waals surface area (Å²) in [5.41, 5.74) is -0.590. The van der Waals surface area contributed by atoms with Crippen molar-refractivity contribution in [3.05, 3.63) is 26.7 Å². The molecular formula is C14H19BrN2O4. The van der Waals surface area contributed by atoms with Gasteiger partial charge >= 0.3 is 0 Å². The van der Waals surface area contributed by atoms with Crippen molar-refractivity contribution in [2.45, 2.75) is 38.2 Å². The van der Waals surface area contributed by atoms with Crippen molar-refractivity contribution in [2.75, 3.05) is 11.9 Å². The minimum Gasteiger partial charge on any atom is -0.505 e. The molecule has 2 rings (SSSR count). The van der Waals surface area contributed by atoms with Crippen LogP contribution in [-0.4, -0.2) is 27.3 Å². The Morgan fingerprint density at radius 1 is 1.48 bits per heavy atom. The topological polar surface area (TPSA) is 95.6 Å². The number of phenols is 1. The van der Waals surface area contributed by atoms with Crippen LogP contribution in [0.25, 0.3) is 0 Å². The van der Waals surface area contributed by atoms with Gasteiger partial charge in [0.25, 0.3) is 5.69 Å². The molecule has 0 atom stereocenters. The number of aromatic hydroxyl groups is 1. The zero-order chi connectivity index (χ0) is 15.6. The van der Waals surface area contributed by atoms with Crippen LogP contribution >= 0.6 is 15.9 Å². The molecule has 6 nitrogen and oxygen atoms in total. The molecule has 1 saturated carbocycles. The highest BCUT2D eigenvalue weighted by Crippen LogP contribution is 2.38. The molecule has 1 aliphatic rings. The Bertz CT molecular complexity index is 538. The van der Waals surface area contributed by atoms with Gasteiger partial charge in [-0.15, -0.1) is 0 Å². The fraction of sp³-hybridized carbons (Fsp3) is 0.571. The monoisotopic (exact) mass is 358 g/mol. The molecule has 0 aliphatic heterocycles. The zero-order valence-corrected chi connectivity index (χ0v) is 13.4. The Labute approximate surface area is 131 Å². The Morgan fingerprint density at radius 3 is 2.67 bits per heavy atom. The predicted octanol–water partition coefficient (Wildman–Crippen LogP) is 3.42. The van der Waals surface area contributed by atoms with Crippen molar-refractivity contribution < 1.29 is 15.1 Å². The van der Waals surface area contributed by atoms with E-state index in [1.807, 2.05) is 6.92 Å². The van der Waals surface area contributed by atoms with Gasteiger partial charge in [0.2, 0.25) is 0 Å². The van der Waals surface area contributed by atoms with Crippen molar-refractivity contribution in [3.8, 4) is 5.75 Å². The van der Waals surface area contributed by atoms with Gasteiger partial charge < -0.3 is 15.5 Å². The minimum atomic E-state index is -0.595. The van der Waals surface area contributed by atoms with Crippen molar-refractivity contribution in [2.24, 2.45) is 5.92 Å². The van der Waals surface area contributed by atoms with Crippen LogP contribution in [0.15, 0.2) is 16.6 Å². The average Bonchev–Trinajstić information content (AvgIpc) is 2.38. The first-order valence-electron chi connectivity index (χ1n) is 6.92. The van der Waals surface area contributed by atoms with Gasteiger partial charge in [0.05, 0.1) is 10.5 Å². The van der Waals surface area contributed by atoms with E-state index < -0.39 is 10.5 Å². The lowest BCUT2D eigenvalue weighted by Gasteiger charge is -2.33. The SMILES string of the molecule is CC1(O)CCC(CNc2c(O)cc(Br)cc2[N+](=O)[O-])CC1. The van der Waals surface area contributed by atoms with Gasteiger partial charge in [-0.3, -0.25) is 10.1 Å². The maximum atomic E-state index is 11.1. The summed E-state index contributed by atoms with van der Waals surface area (Å²) in [6.07, 6.45) is 3.19. The Morgan fingerprint density at radius 2 is 2.10 bits per heavy atom. The van der Waals surface area contributed by atoms with Crippen molar-refractivity contribution in [1.82, 2.24) is 0 Å². The molecule has 1 aliphatic carbocycles. The Hall–Kier alpha value is -1.34. The first-order valence-corrected chi connectivity index (χ1v) is 7.71. The van der Waals surface area contributed by atoms with Gasteiger partial charge in [-0.05, 0) is 44.6 Å². The molecule has 3 N–H and O–H groups in total. The van der Waals surface area contributed by atoms with Gasteiger partial charge in [-0.25, -0.2) is 0 Å². The second kappa shape index (κ2) is 6.19. The highest BCUT2D eigenvalue weighted by molar-refractivity contribution is 9.10. The third-order valence-electron chi connectivity index (χ3n) is 4.01. The molecule has 0 saturated heterocycles. The lowest BCUT2D eigenvalue weighted by atomic mass is 9.80. The van der Waals surface area contributed by atoms with Crippen LogP contribution in [0.1, 0.15) is 32.6 Å². The number of benzene rings is 1. The second-order valence-corrected chi connectivity index (χ2v) is 6.81. The normalized spacial score (nSPS) is 25.6. The molecule has 1 aromatic rings. The quantitative estimate of drug-likeness (QED) is 0.435. The Balaban J connectivity index is 2.05. The molecular weight excluding hydrogens is 340 g/mol. The smallest absolute Gasteiger partial charge is 0.297 e. The summed E-state index contributed by atoms with van der Waals surface area (Å²) in [5, 5.41) is 33.9. The summed E-state index contributed by atoms with van der Waals surface area (Å²) in [6, 6.07) is 2.80. The van der Waals surface area contributed by atoms with Gasteiger partial charge in [-0.1, -0.05) is 15.9 Å². The van der Waals surface area contributed by atoms with E-state index in [9.17, 15) is 20.3 Å². The van der Waals surface area contributed by atoms with Crippen molar-refractivity contribution in [1.29, 1.82) is 0 Å². The van der Waals surface area contributed by atoms with Gasteiger partial charge in [0, 0.05) is 17.1 Å². The number of hydrogen-bond donors (Lipinski definition) is 3. The lowest BCUT2D eigenvalue weighted by Crippen LogP contribution is -2.32. The highest BCUT2D eigenvalue weighted by Gasteiger charge is 2.29. The number of phenolic OH excluding ortho intramolecular Hbond substituents is 1.